The van der Waals surface area contributed by atoms with Crippen LogP contribution >= 0.6 is 11.6 Å². The summed E-state index contributed by atoms with van der Waals surface area (Å²) in [4.78, 5) is 0. The largest absolute Gasteiger partial charge is 0.492 e. The second kappa shape index (κ2) is 4.70. The first-order valence-electron chi connectivity index (χ1n) is 4.83. The number of alkyl halides is 1. The van der Waals surface area contributed by atoms with E-state index in [2.05, 4.69) is 32.9 Å². The van der Waals surface area contributed by atoms with Crippen molar-refractivity contribution in [2.24, 2.45) is 0 Å². The van der Waals surface area contributed by atoms with Crippen molar-refractivity contribution < 1.29 is 4.74 Å². The predicted molar refractivity (Wildman–Crippen MR) is 61.4 cm³/mol. The highest BCUT2D eigenvalue weighted by atomic mass is 35.5. The Bertz CT molecular complexity index is 289. The normalized spacial score (nSPS) is 11.4. The van der Waals surface area contributed by atoms with Gasteiger partial charge in [-0.1, -0.05) is 32.9 Å². The lowest BCUT2D eigenvalue weighted by Gasteiger charge is -2.19. The molecule has 1 nitrogen and oxygen atoms in total. The maximum Gasteiger partial charge on any atom is 0.119 e. The van der Waals surface area contributed by atoms with E-state index < -0.39 is 0 Å². The lowest BCUT2D eigenvalue weighted by Crippen LogP contribution is -2.11. The van der Waals surface area contributed by atoms with Gasteiger partial charge in [0.2, 0.25) is 0 Å². The van der Waals surface area contributed by atoms with Gasteiger partial charge in [-0.2, -0.15) is 0 Å². The molecule has 0 radical (unpaired) electrons. The van der Waals surface area contributed by atoms with E-state index in [1.54, 1.807) is 0 Å². The lowest BCUT2D eigenvalue weighted by molar-refractivity contribution is 0.341. The van der Waals surface area contributed by atoms with Crippen LogP contribution in [0.4, 0.5) is 0 Å². The van der Waals surface area contributed by atoms with Crippen LogP contribution in [0.2, 0.25) is 0 Å². The zero-order valence-electron chi connectivity index (χ0n) is 9.01. The highest BCUT2D eigenvalue weighted by molar-refractivity contribution is 6.17. The highest BCUT2D eigenvalue weighted by Gasteiger charge is 2.13. The van der Waals surface area contributed by atoms with Crippen LogP contribution in [0.5, 0.6) is 5.75 Å². The van der Waals surface area contributed by atoms with Gasteiger partial charge in [-0.15, -0.1) is 11.6 Å². The minimum atomic E-state index is 0.167. The van der Waals surface area contributed by atoms with E-state index in [0.29, 0.717) is 12.5 Å². The third-order valence-corrected chi connectivity index (χ3v) is 2.20. The molecule has 0 aliphatic rings. The Morgan fingerprint density at radius 1 is 1.29 bits per heavy atom. The van der Waals surface area contributed by atoms with Crippen LogP contribution in [-0.2, 0) is 5.41 Å². The van der Waals surface area contributed by atoms with Crippen molar-refractivity contribution in [3.8, 4) is 5.75 Å². The average Bonchev–Trinajstić information content (AvgIpc) is 2.14. The highest BCUT2D eigenvalue weighted by Crippen LogP contribution is 2.25. The standard InChI is InChI=1S/C12H17ClO/c1-12(2,3)10-5-4-6-11(9-10)14-8-7-13/h4-6,9H,7-8H2,1-3H3. The molecule has 14 heavy (non-hydrogen) atoms. The van der Waals surface area contributed by atoms with Gasteiger partial charge in [0.1, 0.15) is 12.4 Å². The third-order valence-electron chi connectivity index (χ3n) is 2.05. The molecule has 0 aromatic heterocycles. The molecule has 0 fully saturated rings. The van der Waals surface area contributed by atoms with Crippen LogP contribution in [0.3, 0.4) is 0 Å². The van der Waals surface area contributed by atoms with E-state index in [4.69, 9.17) is 16.3 Å². The maximum absolute atomic E-state index is 5.56. The number of ether oxygens (including phenoxy) is 1. The zero-order chi connectivity index (χ0) is 10.6. The molecule has 0 unspecified atom stereocenters. The summed E-state index contributed by atoms with van der Waals surface area (Å²) in [6, 6.07) is 8.17. The van der Waals surface area contributed by atoms with Crippen molar-refractivity contribution >= 4 is 11.6 Å². The molecule has 0 aliphatic heterocycles. The SMILES string of the molecule is CC(C)(C)c1cccc(OCCCl)c1. The maximum atomic E-state index is 5.56. The molecular weight excluding hydrogens is 196 g/mol. The first-order valence-corrected chi connectivity index (χ1v) is 5.37. The molecule has 1 aromatic rings. The number of rotatable bonds is 3. The summed E-state index contributed by atoms with van der Waals surface area (Å²) < 4.78 is 5.46. The fraction of sp³-hybridized carbons (Fsp3) is 0.500. The van der Waals surface area contributed by atoms with Crippen LogP contribution < -0.4 is 4.74 Å². The average molecular weight is 213 g/mol. The summed E-state index contributed by atoms with van der Waals surface area (Å²) in [5.74, 6) is 1.43. The molecular formula is C12H17ClO. The third kappa shape index (κ3) is 3.22. The Morgan fingerprint density at radius 2 is 2.00 bits per heavy atom. The van der Waals surface area contributed by atoms with Crippen LogP contribution in [0.1, 0.15) is 26.3 Å². The second-order valence-electron chi connectivity index (χ2n) is 4.32. The minimum Gasteiger partial charge on any atom is -0.492 e. The van der Waals surface area contributed by atoms with Crippen LogP contribution in [0.15, 0.2) is 24.3 Å². The van der Waals surface area contributed by atoms with E-state index in [1.807, 2.05) is 12.1 Å². The molecule has 2 heteroatoms. The van der Waals surface area contributed by atoms with Crippen molar-refractivity contribution in [3.63, 3.8) is 0 Å². The molecule has 0 amide bonds. The van der Waals surface area contributed by atoms with Gasteiger partial charge in [0.05, 0.1) is 5.88 Å². The van der Waals surface area contributed by atoms with Gasteiger partial charge in [-0.25, -0.2) is 0 Å². The molecule has 0 bridgehead atoms. The molecule has 0 saturated heterocycles. The van der Waals surface area contributed by atoms with Gasteiger partial charge < -0.3 is 4.74 Å². The monoisotopic (exact) mass is 212 g/mol. The van der Waals surface area contributed by atoms with Crippen molar-refractivity contribution in [1.82, 2.24) is 0 Å². The molecule has 0 heterocycles. The first kappa shape index (κ1) is 11.4. The topological polar surface area (TPSA) is 9.23 Å². The molecule has 0 N–H and O–H groups in total. The summed E-state index contributed by atoms with van der Waals surface area (Å²) >= 11 is 5.56. The van der Waals surface area contributed by atoms with E-state index in [1.165, 1.54) is 5.56 Å². The lowest BCUT2D eigenvalue weighted by atomic mass is 9.87. The second-order valence-corrected chi connectivity index (χ2v) is 4.69. The predicted octanol–water partition coefficient (Wildman–Crippen LogP) is 3.60. The molecule has 0 aliphatic carbocycles. The van der Waals surface area contributed by atoms with E-state index >= 15 is 0 Å². The van der Waals surface area contributed by atoms with Gasteiger partial charge >= 0.3 is 0 Å². The number of hydrogen-bond acceptors (Lipinski definition) is 1. The minimum absolute atomic E-state index is 0.167. The van der Waals surface area contributed by atoms with Crippen molar-refractivity contribution in [3.05, 3.63) is 29.8 Å². The number of hydrogen-bond donors (Lipinski definition) is 0. The van der Waals surface area contributed by atoms with Crippen molar-refractivity contribution in [1.29, 1.82) is 0 Å². The fourth-order valence-corrected chi connectivity index (χ4v) is 1.29. The molecule has 78 valence electrons. The molecule has 0 saturated carbocycles. The number of benzene rings is 1. The summed E-state index contributed by atoms with van der Waals surface area (Å²) in [7, 11) is 0. The van der Waals surface area contributed by atoms with E-state index in [9.17, 15) is 0 Å². The first-order chi connectivity index (χ1) is 6.54. The molecule has 0 atom stereocenters. The Kier molecular flexibility index (Phi) is 3.82. The van der Waals surface area contributed by atoms with E-state index in [-0.39, 0.29) is 5.41 Å². The van der Waals surface area contributed by atoms with Gasteiger partial charge in [0.25, 0.3) is 0 Å². The van der Waals surface area contributed by atoms with Crippen molar-refractivity contribution in [2.45, 2.75) is 26.2 Å². The Morgan fingerprint density at radius 3 is 2.57 bits per heavy atom. The van der Waals surface area contributed by atoms with Gasteiger partial charge in [-0.05, 0) is 23.1 Å². The molecule has 0 spiro atoms. The van der Waals surface area contributed by atoms with Gasteiger partial charge in [0.15, 0.2) is 0 Å². The quantitative estimate of drug-likeness (QED) is 0.696. The van der Waals surface area contributed by atoms with Crippen molar-refractivity contribution in [2.75, 3.05) is 12.5 Å². The Hall–Kier alpha value is -0.690. The summed E-state index contributed by atoms with van der Waals surface area (Å²) in [5, 5.41) is 0. The van der Waals surface area contributed by atoms with Crippen LogP contribution in [0, 0.1) is 0 Å². The van der Waals surface area contributed by atoms with Gasteiger partial charge in [-0.3, -0.25) is 0 Å². The molecule has 1 aromatic carbocycles. The van der Waals surface area contributed by atoms with E-state index in [0.717, 1.165) is 5.75 Å². The molecule has 1 rings (SSSR count). The fourth-order valence-electron chi connectivity index (χ4n) is 1.21. The zero-order valence-corrected chi connectivity index (χ0v) is 9.77. The Labute approximate surface area is 91.0 Å². The number of halogens is 1. The summed E-state index contributed by atoms with van der Waals surface area (Å²) in [5.41, 5.74) is 1.45. The summed E-state index contributed by atoms with van der Waals surface area (Å²) in [6.07, 6.45) is 0. The van der Waals surface area contributed by atoms with Crippen LogP contribution in [0.25, 0.3) is 0 Å². The smallest absolute Gasteiger partial charge is 0.119 e. The summed E-state index contributed by atoms with van der Waals surface area (Å²) in [6.45, 7) is 7.13. The Balaban J connectivity index is 2.79. The van der Waals surface area contributed by atoms with Crippen LogP contribution in [-0.4, -0.2) is 12.5 Å². The van der Waals surface area contributed by atoms with Gasteiger partial charge in [0, 0.05) is 0 Å².